The summed E-state index contributed by atoms with van der Waals surface area (Å²) in [6.07, 6.45) is 3.56. The van der Waals surface area contributed by atoms with Gasteiger partial charge < -0.3 is 10.4 Å². The standard InChI is InChI=1S/C16H19NO3/c1-10-6-11(4-5-14(18)19)8-12(7-10)15(20)17-13-9-16(13,2)3/h4-8,13H,9H2,1-3H3,(H,17,20)(H,18,19)/b5-4+. The zero-order valence-electron chi connectivity index (χ0n) is 11.9. The van der Waals surface area contributed by atoms with Gasteiger partial charge in [0.15, 0.2) is 0 Å². The molecule has 1 fully saturated rings. The van der Waals surface area contributed by atoms with E-state index in [0.29, 0.717) is 11.1 Å². The molecule has 1 amide bonds. The largest absolute Gasteiger partial charge is 0.478 e. The summed E-state index contributed by atoms with van der Waals surface area (Å²) < 4.78 is 0. The van der Waals surface area contributed by atoms with Crippen molar-refractivity contribution in [2.75, 3.05) is 0 Å². The number of benzene rings is 1. The lowest BCUT2D eigenvalue weighted by Crippen LogP contribution is -2.28. The van der Waals surface area contributed by atoms with Crippen LogP contribution in [0.1, 0.15) is 41.8 Å². The number of aryl methyl sites for hydroxylation is 1. The number of carbonyl (C=O) groups is 2. The van der Waals surface area contributed by atoms with Crippen molar-refractivity contribution in [3.63, 3.8) is 0 Å². The molecule has 0 heterocycles. The number of aliphatic carboxylic acids is 1. The fourth-order valence-electron chi connectivity index (χ4n) is 2.16. The van der Waals surface area contributed by atoms with Crippen molar-refractivity contribution in [3.05, 3.63) is 41.0 Å². The smallest absolute Gasteiger partial charge is 0.328 e. The van der Waals surface area contributed by atoms with Crippen LogP contribution in [0, 0.1) is 12.3 Å². The topological polar surface area (TPSA) is 66.4 Å². The van der Waals surface area contributed by atoms with Crippen LogP contribution < -0.4 is 5.32 Å². The van der Waals surface area contributed by atoms with Gasteiger partial charge in [-0.15, -0.1) is 0 Å². The molecule has 4 heteroatoms. The quantitative estimate of drug-likeness (QED) is 0.829. The molecule has 106 valence electrons. The average Bonchev–Trinajstić information content (AvgIpc) is 2.93. The van der Waals surface area contributed by atoms with E-state index < -0.39 is 5.97 Å². The predicted octanol–water partition coefficient (Wildman–Crippen LogP) is 2.62. The van der Waals surface area contributed by atoms with Gasteiger partial charge in [0.2, 0.25) is 0 Å². The summed E-state index contributed by atoms with van der Waals surface area (Å²) in [4.78, 5) is 22.7. The molecule has 2 N–H and O–H groups in total. The number of nitrogens with one attached hydrogen (secondary N) is 1. The summed E-state index contributed by atoms with van der Waals surface area (Å²) in [5, 5.41) is 11.6. The molecule has 1 aliphatic rings. The zero-order valence-corrected chi connectivity index (χ0v) is 11.9. The summed E-state index contributed by atoms with van der Waals surface area (Å²) >= 11 is 0. The second-order valence-electron chi connectivity index (χ2n) is 6.02. The third-order valence-electron chi connectivity index (χ3n) is 3.60. The molecule has 0 saturated heterocycles. The Kier molecular flexibility index (Phi) is 3.66. The van der Waals surface area contributed by atoms with E-state index in [9.17, 15) is 9.59 Å². The maximum atomic E-state index is 12.2. The van der Waals surface area contributed by atoms with Crippen LogP contribution in [0.3, 0.4) is 0 Å². The molecule has 1 unspecified atom stereocenters. The Morgan fingerprint density at radius 1 is 1.35 bits per heavy atom. The highest BCUT2D eigenvalue weighted by Crippen LogP contribution is 2.44. The van der Waals surface area contributed by atoms with Crippen LogP contribution in [0.2, 0.25) is 0 Å². The molecule has 2 rings (SSSR count). The molecule has 0 spiro atoms. The fourth-order valence-corrected chi connectivity index (χ4v) is 2.16. The molecule has 1 aromatic rings. The minimum Gasteiger partial charge on any atom is -0.478 e. The van der Waals surface area contributed by atoms with Crippen molar-refractivity contribution < 1.29 is 14.7 Å². The lowest BCUT2D eigenvalue weighted by atomic mass is 10.1. The van der Waals surface area contributed by atoms with Crippen molar-refractivity contribution in [3.8, 4) is 0 Å². The van der Waals surface area contributed by atoms with Gasteiger partial charge >= 0.3 is 5.97 Å². The number of hydrogen-bond donors (Lipinski definition) is 2. The molecule has 20 heavy (non-hydrogen) atoms. The first-order chi connectivity index (χ1) is 9.28. The number of carbonyl (C=O) groups excluding carboxylic acids is 1. The number of amides is 1. The van der Waals surface area contributed by atoms with Crippen molar-refractivity contribution in [1.82, 2.24) is 5.32 Å². The van der Waals surface area contributed by atoms with E-state index in [-0.39, 0.29) is 17.4 Å². The summed E-state index contributed by atoms with van der Waals surface area (Å²) in [7, 11) is 0. The van der Waals surface area contributed by atoms with Gasteiger partial charge in [0.05, 0.1) is 0 Å². The van der Waals surface area contributed by atoms with Gasteiger partial charge in [-0.3, -0.25) is 4.79 Å². The molecule has 1 saturated carbocycles. The van der Waals surface area contributed by atoms with E-state index in [0.717, 1.165) is 18.1 Å². The highest BCUT2D eigenvalue weighted by Gasteiger charge is 2.46. The summed E-state index contributed by atoms with van der Waals surface area (Å²) in [6, 6.07) is 5.59. The lowest BCUT2D eigenvalue weighted by Gasteiger charge is -2.08. The Morgan fingerprint density at radius 3 is 2.55 bits per heavy atom. The summed E-state index contributed by atoms with van der Waals surface area (Å²) in [6.45, 7) is 6.13. The van der Waals surface area contributed by atoms with E-state index in [1.807, 2.05) is 19.1 Å². The molecule has 0 bridgehead atoms. The Labute approximate surface area is 118 Å². The Hall–Kier alpha value is -2.10. The molecular formula is C16H19NO3. The highest BCUT2D eigenvalue weighted by atomic mass is 16.4. The normalized spacial score (nSPS) is 19.9. The van der Waals surface area contributed by atoms with Crippen LogP contribution in [0.4, 0.5) is 0 Å². The first-order valence-corrected chi connectivity index (χ1v) is 6.61. The van der Waals surface area contributed by atoms with Crippen LogP contribution in [0.5, 0.6) is 0 Å². The third kappa shape index (κ3) is 3.47. The Morgan fingerprint density at radius 2 is 2.00 bits per heavy atom. The first kappa shape index (κ1) is 14.3. The minimum absolute atomic E-state index is 0.103. The molecule has 1 aliphatic carbocycles. The number of carboxylic acid groups (broad SMARTS) is 1. The number of carboxylic acids is 1. The van der Waals surface area contributed by atoms with Crippen molar-refractivity contribution >= 4 is 18.0 Å². The SMILES string of the molecule is Cc1cc(/C=C/C(=O)O)cc(C(=O)NC2CC2(C)C)c1. The van der Waals surface area contributed by atoms with Crippen molar-refractivity contribution in [1.29, 1.82) is 0 Å². The molecule has 1 atom stereocenters. The molecule has 1 aromatic carbocycles. The lowest BCUT2D eigenvalue weighted by molar-refractivity contribution is -0.131. The first-order valence-electron chi connectivity index (χ1n) is 6.61. The van der Waals surface area contributed by atoms with Gasteiger partial charge in [-0.25, -0.2) is 4.79 Å². The predicted molar refractivity (Wildman–Crippen MR) is 77.5 cm³/mol. The van der Waals surface area contributed by atoms with Gasteiger partial charge in [-0.1, -0.05) is 19.9 Å². The van der Waals surface area contributed by atoms with Gasteiger partial charge in [-0.2, -0.15) is 0 Å². The molecule has 0 aromatic heterocycles. The summed E-state index contributed by atoms with van der Waals surface area (Å²) in [5.41, 5.74) is 2.40. The Bertz CT molecular complexity index is 587. The van der Waals surface area contributed by atoms with Crippen LogP contribution in [0.15, 0.2) is 24.3 Å². The minimum atomic E-state index is -1.00. The van der Waals surface area contributed by atoms with E-state index >= 15 is 0 Å². The van der Waals surface area contributed by atoms with Crippen LogP contribution in [0.25, 0.3) is 6.08 Å². The van der Waals surface area contributed by atoms with Gasteiger partial charge in [0, 0.05) is 17.7 Å². The van der Waals surface area contributed by atoms with E-state index in [4.69, 9.17) is 5.11 Å². The Balaban J connectivity index is 2.15. The average molecular weight is 273 g/mol. The van der Waals surface area contributed by atoms with Crippen LogP contribution >= 0.6 is 0 Å². The van der Waals surface area contributed by atoms with E-state index in [1.165, 1.54) is 6.08 Å². The second kappa shape index (κ2) is 5.12. The van der Waals surface area contributed by atoms with Crippen molar-refractivity contribution in [2.45, 2.75) is 33.2 Å². The number of hydrogen-bond acceptors (Lipinski definition) is 2. The van der Waals surface area contributed by atoms with Crippen LogP contribution in [-0.4, -0.2) is 23.0 Å². The highest BCUT2D eigenvalue weighted by molar-refractivity contribution is 5.95. The molecule has 4 nitrogen and oxygen atoms in total. The van der Waals surface area contributed by atoms with E-state index in [1.54, 1.807) is 6.07 Å². The van der Waals surface area contributed by atoms with E-state index in [2.05, 4.69) is 19.2 Å². The molecular weight excluding hydrogens is 254 g/mol. The number of rotatable bonds is 4. The second-order valence-corrected chi connectivity index (χ2v) is 6.02. The van der Waals surface area contributed by atoms with Gasteiger partial charge in [0.1, 0.15) is 0 Å². The van der Waals surface area contributed by atoms with Gasteiger partial charge in [0.25, 0.3) is 5.91 Å². The monoisotopic (exact) mass is 273 g/mol. The third-order valence-corrected chi connectivity index (χ3v) is 3.60. The molecule has 0 aliphatic heterocycles. The summed E-state index contributed by atoms with van der Waals surface area (Å²) in [5.74, 6) is -1.11. The maximum absolute atomic E-state index is 12.2. The zero-order chi connectivity index (χ0) is 14.9. The van der Waals surface area contributed by atoms with Crippen molar-refractivity contribution in [2.24, 2.45) is 5.41 Å². The fraction of sp³-hybridized carbons (Fsp3) is 0.375. The molecule has 0 radical (unpaired) electrons. The van der Waals surface area contributed by atoms with Gasteiger partial charge in [-0.05, 0) is 48.1 Å². The maximum Gasteiger partial charge on any atom is 0.328 e. The van der Waals surface area contributed by atoms with Crippen LogP contribution in [-0.2, 0) is 4.79 Å².